The Balaban J connectivity index is 2.91. The van der Waals surface area contributed by atoms with Crippen molar-refractivity contribution in [3.05, 3.63) is 32.9 Å². The normalized spacial score (nSPS) is 10.2. The van der Waals surface area contributed by atoms with Crippen molar-refractivity contribution in [1.29, 1.82) is 0 Å². The van der Waals surface area contributed by atoms with E-state index in [-0.39, 0.29) is 6.61 Å². The van der Waals surface area contributed by atoms with Crippen LogP contribution in [0, 0.1) is 3.57 Å². The highest BCUT2D eigenvalue weighted by molar-refractivity contribution is 14.1. The molecule has 0 heterocycles. The number of aliphatic hydroxyl groups is 1. The van der Waals surface area contributed by atoms with Gasteiger partial charge in [-0.1, -0.05) is 18.2 Å². The standard InChI is InChI=1S/C9H10IOSi/c10-9-2-1-7(6-11)5-8(9)3-4-12/h1-2,5,11H,3-4,6H2. The lowest BCUT2D eigenvalue weighted by atomic mass is 10.1. The minimum Gasteiger partial charge on any atom is -0.392 e. The van der Waals surface area contributed by atoms with Gasteiger partial charge in [0, 0.05) is 13.8 Å². The Bertz CT molecular complexity index is 263. The fraction of sp³-hybridized carbons (Fsp3) is 0.333. The molecule has 1 aromatic carbocycles. The SMILES string of the molecule is OCc1ccc(I)c(CC[Si])c1. The molecule has 0 amide bonds. The summed E-state index contributed by atoms with van der Waals surface area (Å²) in [4.78, 5) is 0. The van der Waals surface area contributed by atoms with Gasteiger partial charge in [-0.05, 0) is 46.2 Å². The first-order valence-corrected chi connectivity index (χ1v) is 5.59. The van der Waals surface area contributed by atoms with Crippen molar-refractivity contribution in [2.24, 2.45) is 0 Å². The van der Waals surface area contributed by atoms with E-state index in [0.717, 1.165) is 18.0 Å². The molecule has 0 aliphatic heterocycles. The molecule has 0 saturated heterocycles. The molecule has 0 bridgehead atoms. The van der Waals surface area contributed by atoms with Crippen LogP contribution >= 0.6 is 22.6 Å². The fourth-order valence-electron chi connectivity index (χ4n) is 1.05. The quantitative estimate of drug-likeness (QED) is 0.666. The highest BCUT2D eigenvalue weighted by Crippen LogP contribution is 2.15. The van der Waals surface area contributed by atoms with Crippen LogP contribution < -0.4 is 0 Å². The van der Waals surface area contributed by atoms with E-state index in [0.29, 0.717) is 0 Å². The molecule has 0 aliphatic carbocycles. The number of benzene rings is 1. The van der Waals surface area contributed by atoms with Crippen molar-refractivity contribution in [2.75, 3.05) is 0 Å². The Labute approximate surface area is 89.8 Å². The van der Waals surface area contributed by atoms with Crippen LogP contribution in [0.4, 0.5) is 0 Å². The number of aliphatic hydroxyl groups excluding tert-OH is 1. The third-order valence-corrected chi connectivity index (χ3v) is 2.99. The summed E-state index contributed by atoms with van der Waals surface area (Å²) in [6, 6.07) is 7.02. The smallest absolute Gasteiger partial charge is 0.0681 e. The van der Waals surface area contributed by atoms with E-state index in [9.17, 15) is 0 Å². The summed E-state index contributed by atoms with van der Waals surface area (Å²) >= 11 is 2.31. The van der Waals surface area contributed by atoms with Crippen LogP contribution in [-0.4, -0.2) is 15.3 Å². The Hall–Kier alpha value is 0.127. The molecule has 0 unspecified atom stereocenters. The average molecular weight is 289 g/mol. The van der Waals surface area contributed by atoms with E-state index in [4.69, 9.17) is 5.11 Å². The summed E-state index contributed by atoms with van der Waals surface area (Å²) in [6.45, 7) is 0.131. The molecule has 1 rings (SSSR count). The highest BCUT2D eigenvalue weighted by atomic mass is 127. The molecule has 0 saturated carbocycles. The van der Waals surface area contributed by atoms with Gasteiger partial charge in [-0.3, -0.25) is 0 Å². The zero-order valence-corrected chi connectivity index (χ0v) is 9.84. The second kappa shape index (κ2) is 4.99. The summed E-state index contributed by atoms with van der Waals surface area (Å²) in [5.74, 6) is 0. The summed E-state index contributed by atoms with van der Waals surface area (Å²) < 4.78 is 1.27. The first-order chi connectivity index (χ1) is 5.77. The maximum Gasteiger partial charge on any atom is 0.0681 e. The molecule has 12 heavy (non-hydrogen) atoms. The lowest BCUT2D eigenvalue weighted by molar-refractivity contribution is 0.281. The topological polar surface area (TPSA) is 20.2 Å². The maximum atomic E-state index is 8.91. The first-order valence-electron chi connectivity index (χ1n) is 3.80. The molecule has 3 heteroatoms. The van der Waals surface area contributed by atoms with E-state index in [1.807, 2.05) is 12.1 Å². The summed E-state index contributed by atoms with van der Waals surface area (Å²) in [5, 5.41) is 8.91. The molecule has 0 fully saturated rings. The van der Waals surface area contributed by atoms with Gasteiger partial charge in [0.05, 0.1) is 6.61 Å². The molecule has 0 aliphatic rings. The number of aryl methyl sites for hydroxylation is 1. The predicted molar refractivity (Wildman–Crippen MR) is 59.3 cm³/mol. The molecule has 1 aromatic rings. The maximum absolute atomic E-state index is 8.91. The van der Waals surface area contributed by atoms with E-state index >= 15 is 0 Å². The van der Waals surface area contributed by atoms with Crippen molar-refractivity contribution in [3.8, 4) is 0 Å². The van der Waals surface area contributed by atoms with Crippen molar-refractivity contribution >= 4 is 32.8 Å². The zero-order valence-electron chi connectivity index (χ0n) is 6.68. The lowest BCUT2D eigenvalue weighted by Crippen LogP contribution is -1.92. The minimum absolute atomic E-state index is 0.131. The van der Waals surface area contributed by atoms with Gasteiger partial charge in [0.25, 0.3) is 0 Å². The summed E-state index contributed by atoms with van der Waals surface area (Å²) in [6.07, 6.45) is 1.02. The predicted octanol–water partition coefficient (Wildman–Crippen LogP) is 1.91. The minimum atomic E-state index is 0.131. The highest BCUT2D eigenvalue weighted by Gasteiger charge is 1.99. The van der Waals surface area contributed by atoms with Crippen molar-refractivity contribution < 1.29 is 5.11 Å². The monoisotopic (exact) mass is 289 g/mol. The van der Waals surface area contributed by atoms with E-state index in [1.54, 1.807) is 0 Å². The molecule has 0 aromatic heterocycles. The summed E-state index contributed by atoms with van der Waals surface area (Å²) in [7, 11) is 3.45. The first kappa shape index (κ1) is 10.2. The van der Waals surface area contributed by atoms with Crippen molar-refractivity contribution in [2.45, 2.75) is 19.1 Å². The van der Waals surface area contributed by atoms with Crippen LogP contribution in [0.25, 0.3) is 0 Å². The number of rotatable bonds is 3. The number of hydrogen-bond acceptors (Lipinski definition) is 1. The molecule has 0 atom stereocenters. The Morgan fingerprint density at radius 1 is 1.42 bits per heavy atom. The lowest BCUT2D eigenvalue weighted by Gasteiger charge is -2.04. The second-order valence-electron chi connectivity index (χ2n) is 2.58. The largest absolute Gasteiger partial charge is 0.392 e. The summed E-state index contributed by atoms with van der Waals surface area (Å²) in [5.41, 5.74) is 2.29. The van der Waals surface area contributed by atoms with Crippen LogP contribution in [0.5, 0.6) is 0 Å². The van der Waals surface area contributed by atoms with Gasteiger partial charge in [-0.15, -0.1) is 0 Å². The van der Waals surface area contributed by atoms with E-state index < -0.39 is 0 Å². The van der Waals surface area contributed by atoms with Gasteiger partial charge >= 0.3 is 0 Å². The van der Waals surface area contributed by atoms with Gasteiger partial charge in [0.15, 0.2) is 0 Å². The van der Waals surface area contributed by atoms with Crippen molar-refractivity contribution in [1.82, 2.24) is 0 Å². The Kier molecular flexibility index (Phi) is 4.24. The van der Waals surface area contributed by atoms with Gasteiger partial charge in [0.2, 0.25) is 0 Å². The fourth-order valence-corrected chi connectivity index (χ4v) is 1.93. The van der Waals surface area contributed by atoms with Crippen molar-refractivity contribution in [3.63, 3.8) is 0 Å². The van der Waals surface area contributed by atoms with Gasteiger partial charge < -0.3 is 5.11 Å². The van der Waals surface area contributed by atoms with Crippen LogP contribution in [0.3, 0.4) is 0 Å². The van der Waals surface area contributed by atoms with Crippen LogP contribution in [0.2, 0.25) is 6.04 Å². The van der Waals surface area contributed by atoms with Crippen LogP contribution in [0.1, 0.15) is 11.1 Å². The molecule has 1 N–H and O–H groups in total. The van der Waals surface area contributed by atoms with E-state index in [2.05, 4.69) is 38.9 Å². The molecule has 0 spiro atoms. The third-order valence-electron chi connectivity index (χ3n) is 1.69. The molecular weight excluding hydrogens is 279 g/mol. The second-order valence-corrected chi connectivity index (χ2v) is 4.25. The number of halogens is 1. The third kappa shape index (κ3) is 2.57. The average Bonchev–Trinajstić information content (AvgIpc) is 2.09. The van der Waals surface area contributed by atoms with Gasteiger partial charge in [-0.2, -0.15) is 0 Å². The molecule has 1 nitrogen and oxygen atoms in total. The Morgan fingerprint density at radius 3 is 2.75 bits per heavy atom. The van der Waals surface area contributed by atoms with Gasteiger partial charge in [-0.25, -0.2) is 0 Å². The zero-order chi connectivity index (χ0) is 8.97. The van der Waals surface area contributed by atoms with Gasteiger partial charge in [0.1, 0.15) is 0 Å². The molecule has 63 valence electrons. The molecule has 3 radical (unpaired) electrons. The van der Waals surface area contributed by atoms with Crippen LogP contribution in [0.15, 0.2) is 18.2 Å². The number of hydrogen-bond donors (Lipinski definition) is 1. The molecular formula is C9H10IOSi. The van der Waals surface area contributed by atoms with Crippen LogP contribution in [-0.2, 0) is 13.0 Å². The Morgan fingerprint density at radius 2 is 2.17 bits per heavy atom. The van der Waals surface area contributed by atoms with E-state index in [1.165, 1.54) is 9.13 Å².